The minimum Gasteiger partial charge on any atom is -0.354 e. The third-order valence-electron chi connectivity index (χ3n) is 5.76. The molecule has 0 aliphatic heterocycles. The van der Waals surface area contributed by atoms with Crippen molar-refractivity contribution in [1.82, 2.24) is 10.2 Å². The Morgan fingerprint density at radius 1 is 0.857 bits per heavy atom. The average molecular weight is 532 g/mol. The van der Waals surface area contributed by atoms with Crippen molar-refractivity contribution in [2.24, 2.45) is 0 Å². The summed E-state index contributed by atoms with van der Waals surface area (Å²) in [5.41, 5.74) is 2.37. The lowest BCUT2D eigenvalue weighted by Gasteiger charge is -2.32. The van der Waals surface area contributed by atoms with Gasteiger partial charge in [0.25, 0.3) is 0 Å². The van der Waals surface area contributed by atoms with Crippen LogP contribution in [0.4, 0.5) is 0 Å². The fourth-order valence-electron chi connectivity index (χ4n) is 3.79. The van der Waals surface area contributed by atoms with Crippen LogP contribution in [0, 0.1) is 0 Å². The molecule has 184 valence electrons. The Hall–Kier alpha value is -2.53. The minimum atomic E-state index is -0.735. The maximum Gasteiger partial charge on any atom is 0.243 e. The molecule has 7 heteroatoms. The molecule has 4 nitrogen and oxygen atoms in total. The number of carbonyl (C=O) groups is 2. The minimum absolute atomic E-state index is 0.115. The van der Waals surface area contributed by atoms with Crippen LogP contribution >= 0.6 is 34.8 Å². The Labute approximate surface area is 222 Å². The highest BCUT2D eigenvalue weighted by Crippen LogP contribution is 2.27. The first kappa shape index (κ1) is 27.1. The summed E-state index contributed by atoms with van der Waals surface area (Å²) in [7, 11) is 0. The van der Waals surface area contributed by atoms with E-state index in [-0.39, 0.29) is 24.8 Å². The molecule has 0 spiro atoms. The number of nitrogens with zero attached hydrogens (tertiary/aromatic N) is 1. The Kier molecular flexibility index (Phi) is 10.5. The summed E-state index contributed by atoms with van der Waals surface area (Å²) in [4.78, 5) is 28.7. The van der Waals surface area contributed by atoms with Crippen LogP contribution in [-0.4, -0.2) is 29.3 Å². The van der Waals surface area contributed by atoms with Gasteiger partial charge in [-0.1, -0.05) is 96.7 Å². The summed E-state index contributed by atoms with van der Waals surface area (Å²) >= 11 is 18.9. The van der Waals surface area contributed by atoms with E-state index in [9.17, 15) is 9.59 Å². The molecule has 3 aromatic rings. The lowest BCUT2D eigenvalue weighted by Crippen LogP contribution is -2.51. The van der Waals surface area contributed by atoms with Crippen molar-refractivity contribution in [2.45, 2.75) is 45.2 Å². The molecule has 0 radical (unpaired) electrons. The first-order valence-electron chi connectivity index (χ1n) is 11.7. The molecule has 0 fully saturated rings. The highest BCUT2D eigenvalue weighted by Gasteiger charge is 2.31. The van der Waals surface area contributed by atoms with Gasteiger partial charge in [-0.15, -0.1) is 0 Å². The van der Waals surface area contributed by atoms with Gasteiger partial charge in [-0.3, -0.25) is 9.59 Å². The molecular weight excluding hydrogens is 503 g/mol. The topological polar surface area (TPSA) is 49.4 Å². The van der Waals surface area contributed by atoms with Gasteiger partial charge >= 0.3 is 0 Å². The zero-order valence-electron chi connectivity index (χ0n) is 19.6. The number of rotatable bonds is 11. The Balaban J connectivity index is 1.98. The number of amides is 2. The van der Waals surface area contributed by atoms with E-state index in [0.717, 1.165) is 24.0 Å². The molecule has 0 aliphatic rings. The highest BCUT2D eigenvalue weighted by atomic mass is 35.5. The van der Waals surface area contributed by atoms with Crippen molar-refractivity contribution in [2.75, 3.05) is 6.54 Å². The van der Waals surface area contributed by atoms with E-state index in [2.05, 4.69) is 12.2 Å². The van der Waals surface area contributed by atoms with Crippen LogP contribution in [0.5, 0.6) is 0 Å². The van der Waals surface area contributed by atoms with Gasteiger partial charge in [-0.25, -0.2) is 0 Å². The summed E-state index contributed by atoms with van der Waals surface area (Å²) in [6.07, 6.45) is 2.30. The van der Waals surface area contributed by atoms with Gasteiger partial charge in [-0.05, 0) is 41.8 Å². The summed E-state index contributed by atoms with van der Waals surface area (Å²) in [6, 6.07) is 21.3. The van der Waals surface area contributed by atoms with Gasteiger partial charge in [0.1, 0.15) is 6.04 Å². The monoisotopic (exact) mass is 530 g/mol. The third kappa shape index (κ3) is 7.99. The van der Waals surface area contributed by atoms with Crippen molar-refractivity contribution < 1.29 is 9.59 Å². The highest BCUT2D eigenvalue weighted by molar-refractivity contribution is 6.36. The zero-order chi connectivity index (χ0) is 25.2. The van der Waals surface area contributed by atoms with Crippen LogP contribution in [0.2, 0.25) is 15.1 Å². The van der Waals surface area contributed by atoms with Crippen molar-refractivity contribution in [1.29, 1.82) is 0 Å². The molecule has 35 heavy (non-hydrogen) atoms. The SMILES string of the molecule is CCCCNC(=O)[C@@H](Cc1ccccc1)N(Cc1c(Cl)cccc1Cl)C(=O)Cc1ccc(Cl)cc1. The molecule has 0 aliphatic carbocycles. The van der Waals surface area contributed by atoms with Crippen LogP contribution in [-0.2, 0) is 29.0 Å². The van der Waals surface area contributed by atoms with E-state index in [4.69, 9.17) is 34.8 Å². The summed E-state index contributed by atoms with van der Waals surface area (Å²) in [6.45, 7) is 2.73. The number of halogens is 3. The lowest BCUT2D eigenvalue weighted by atomic mass is 10.0. The van der Waals surface area contributed by atoms with Crippen molar-refractivity contribution in [3.8, 4) is 0 Å². The summed E-state index contributed by atoms with van der Waals surface area (Å²) < 4.78 is 0. The normalized spacial score (nSPS) is 11.7. The van der Waals surface area contributed by atoms with Gasteiger partial charge in [0.2, 0.25) is 11.8 Å². The number of hydrogen-bond donors (Lipinski definition) is 1. The number of unbranched alkanes of at least 4 members (excludes halogenated alkanes) is 1. The Bertz CT molecular complexity index is 1100. The Morgan fingerprint density at radius 2 is 1.51 bits per heavy atom. The van der Waals surface area contributed by atoms with Crippen molar-refractivity contribution in [3.05, 3.63) is 105 Å². The van der Waals surface area contributed by atoms with Crippen molar-refractivity contribution in [3.63, 3.8) is 0 Å². The molecule has 3 aromatic carbocycles. The van der Waals surface area contributed by atoms with Gasteiger partial charge in [0.05, 0.1) is 6.42 Å². The largest absolute Gasteiger partial charge is 0.354 e. The third-order valence-corrected chi connectivity index (χ3v) is 6.72. The second-order valence-electron chi connectivity index (χ2n) is 8.38. The molecule has 0 bridgehead atoms. The molecule has 3 rings (SSSR count). The smallest absolute Gasteiger partial charge is 0.243 e. The predicted molar refractivity (Wildman–Crippen MR) is 144 cm³/mol. The van der Waals surface area contributed by atoms with Crippen LogP contribution in [0.1, 0.15) is 36.5 Å². The number of nitrogens with one attached hydrogen (secondary N) is 1. The molecule has 0 saturated heterocycles. The summed E-state index contributed by atoms with van der Waals surface area (Å²) in [5, 5.41) is 4.51. The van der Waals surface area contributed by atoms with Gasteiger partial charge in [0.15, 0.2) is 0 Å². The van der Waals surface area contributed by atoms with E-state index in [1.54, 1.807) is 35.2 Å². The molecule has 0 aromatic heterocycles. The number of hydrogen-bond acceptors (Lipinski definition) is 2. The van der Waals surface area contributed by atoms with Gasteiger partial charge in [-0.2, -0.15) is 0 Å². The van der Waals surface area contributed by atoms with Crippen LogP contribution < -0.4 is 5.32 Å². The quantitative estimate of drug-likeness (QED) is 0.278. The average Bonchev–Trinajstić information content (AvgIpc) is 2.85. The Morgan fingerprint density at radius 3 is 2.14 bits per heavy atom. The molecule has 0 unspecified atom stereocenters. The second kappa shape index (κ2) is 13.5. The predicted octanol–water partition coefficient (Wildman–Crippen LogP) is 6.75. The zero-order valence-corrected chi connectivity index (χ0v) is 21.9. The standard InChI is InChI=1S/C28H29Cl3N2O2/c1-2-3-16-32-28(35)26(17-20-8-5-4-6-9-20)33(19-23-24(30)10-7-11-25(23)31)27(34)18-21-12-14-22(29)15-13-21/h4-15,26H,2-3,16-19H2,1H3,(H,32,35)/t26-/m1/s1. The van der Waals surface area contributed by atoms with E-state index >= 15 is 0 Å². The second-order valence-corrected chi connectivity index (χ2v) is 9.63. The van der Waals surface area contributed by atoms with Crippen LogP contribution in [0.3, 0.4) is 0 Å². The van der Waals surface area contributed by atoms with E-state index < -0.39 is 6.04 Å². The van der Waals surface area contributed by atoms with E-state index in [1.165, 1.54) is 0 Å². The molecular formula is C28H29Cl3N2O2. The maximum atomic E-state index is 13.7. The first-order valence-corrected chi connectivity index (χ1v) is 12.8. The number of benzene rings is 3. The lowest BCUT2D eigenvalue weighted by molar-refractivity contribution is -0.140. The molecule has 1 atom stereocenters. The van der Waals surface area contributed by atoms with Crippen LogP contribution in [0.25, 0.3) is 0 Å². The number of carbonyl (C=O) groups excluding carboxylic acids is 2. The van der Waals surface area contributed by atoms with Crippen molar-refractivity contribution >= 4 is 46.6 Å². The molecule has 2 amide bonds. The maximum absolute atomic E-state index is 13.7. The van der Waals surface area contributed by atoms with Gasteiger partial charge in [0, 0.05) is 40.1 Å². The van der Waals surface area contributed by atoms with Gasteiger partial charge < -0.3 is 10.2 Å². The first-order chi connectivity index (χ1) is 16.9. The fourth-order valence-corrected chi connectivity index (χ4v) is 4.44. The van der Waals surface area contributed by atoms with E-state index in [1.807, 2.05) is 42.5 Å². The van der Waals surface area contributed by atoms with Crippen LogP contribution in [0.15, 0.2) is 72.8 Å². The fraction of sp³-hybridized carbons (Fsp3) is 0.286. The molecule has 0 heterocycles. The van der Waals surface area contributed by atoms with E-state index in [0.29, 0.717) is 33.6 Å². The molecule has 0 saturated carbocycles. The molecule has 1 N–H and O–H groups in total. The summed E-state index contributed by atoms with van der Waals surface area (Å²) in [5.74, 6) is -0.398.